The van der Waals surface area contributed by atoms with Gasteiger partial charge in [-0.05, 0) is 42.7 Å². The number of pyridine rings is 1. The molecule has 0 bridgehead atoms. The molecule has 5 heteroatoms. The van der Waals surface area contributed by atoms with Crippen molar-refractivity contribution in [2.24, 2.45) is 4.99 Å². The Morgan fingerprint density at radius 2 is 2.12 bits per heavy atom. The third-order valence-electron chi connectivity index (χ3n) is 4.26. The van der Waals surface area contributed by atoms with Gasteiger partial charge in [0.25, 0.3) is 0 Å². The molecular formula is C20H24N4O. The van der Waals surface area contributed by atoms with Crippen molar-refractivity contribution in [3.05, 3.63) is 65.7 Å². The van der Waals surface area contributed by atoms with Crippen LogP contribution < -0.4 is 5.32 Å². The van der Waals surface area contributed by atoms with Crippen molar-refractivity contribution in [2.45, 2.75) is 19.9 Å². The number of aryl methyl sites for hydroxylation is 1. The maximum absolute atomic E-state index is 5.89. The Balaban J connectivity index is 1.57. The average molecular weight is 336 g/mol. The summed E-state index contributed by atoms with van der Waals surface area (Å²) in [5, 5.41) is 4.54. The predicted molar refractivity (Wildman–Crippen MR) is 102 cm³/mol. The lowest BCUT2D eigenvalue weighted by molar-refractivity contribution is 0.413. The second-order valence-corrected chi connectivity index (χ2v) is 6.13. The summed E-state index contributed by atoms with van der Waals surface area (Å²) in [6, 6.07) is 12.2. The van der Waals surface area contributed by atoms with E-state index in [4.69, 9.17) is 4.42 Å². The SMILES string of the molecule is CN=C(NCCc1ccncc1C)N(C)Cc1cc2ccccc2o1. The highest BCUT2D eigenvalue weighted by molar-refractivity contribution is 5.80. The number of nitrogens with one attached hydrogen (secondary N) is 1. The Hall–Kier alpha value is -2.82. The minimum Gasteiger partial charge on any atom is -0.459 e. The Morgan fingerprint density at radius 1 is 1.28 bits per heavy atom. The highest BCUT2D eigenvalue weighted by atomic mass is 16.3. The first-order chi connectivity index (χ1) is 12.2. The van der Waals surface area contributed by atoms with Crippen LogP contribution in [0.1, 0.15) is 16.9 Å². The van der Waals surface area contributed by atoms with Crippen LogP contribution in [-0.2, 0) is 13.0 Å². The van der Waals surface area contributed by atoms with Gasteiger partial charge in [-0.25, -0.2) is 0 Å². The van der Waals surface area contributed by atoms with E-state index in [0.29, 0.717) is 6.54 Å². The van der Waals surface area contributed by atoms with Crippen molar-refractivity contribution >= 4 is 16.9 Å². The molecule has 2 heterocycles. The van der Waals surface area contributed by atoms with Crippen LogP contribution in [0.2, 0.25) is 0 Å². The number of hydrogen-bond acceptors (Lipinski definition) is 3. The molecule has 0 radical (unpaired) electrons. The third kappa shape index (κ3) is 4.18. The Bertz CT molecular complexity index is 836. The van der Waals surface area contributed by atoms with Gasteiger partial charge in [-0.1, -0.05) is 18.2 Å². The van der Waals surface area contributed by atoms with Crippen LogP contribution in [0.15, 0.2) is 58.2 Å². The van der Waals surface area contributed by atoms with Crippen LogP contribution >= 0.6 is 0 Å². The number of hydrogen-bond donors (Lipinski definition) is 1. The summed E-state index contributed by atoms with van der Waals surface area (Å²) in [7, 11) is 3.81. The first-order valence-electron chi connectivity index (χ1n) is 8.46. The quantitative estimate of drug-likeness (QED) is 0.573. The molecule has 0 fully saturated rings. The molecule has 2 aromatic heterocycles. The van der Waals surface area contributed by atoms with Crippen LogP contribution in [0.4, 0.5) is 0 Å². The van der Waals surface area contributed by atoms with E-state index in [2.05, 4.69) is 45.3 Å². The highest BCUT2D eigenvalue weighted by Gasteiger charge is 2.10. The molecule has 130 valence electrons. The zero-order valence-electron chi connectivity index (χ0n) is 15.0. The molecular weight excluding hydrogens is 312 g/mol. The maximum Gasteiger partial charge on any atom is 0.193 e. The number of guanidine groups is 1. The zero-order chi connectivity index (χ0) is 17.6. The second-order valence-electron chi connectivity index (χ2n) is 6.13. The van der Waals surface area contributed by atoms with E-state index < -0.39 is 0 Å². The molecule has 0 aliphatic heterocycles. The smallest absolute Gasteiger partial charge is 0.193 e. The van der Waals surface area contributed by atoms with Crippen molar-refractivity contribution in [1.82, 2.24) is 15.2 Å². The molecule has 3 rings (SSSR count). The molecule has 0 aliphatic rings. The Morgan fingerprint density at radius 3 is 2.88 bits per heavy atom. The molecule has 0 amide bonds. The highest BCUT2D eigenvalue weighted by Crippen LogP contribution is 2.19. The van der Waals surface area contributed by atoms with Gasteiger partial charge < -0.3 is 14.6 Å². The number of aliphatic imine (C=N–C) groups is 1. The minimum atomic E-state index is 0.669. The van der Waals surface area contributed by atoms with E-state index >= 15 is 0 Å². The van der Waals surface area contributed by atoms with Crippen molar-refractivity contribution in [1.29, 1.82) is 0 Å². The molecule has 0 unspecified atom stereocenters. The van der Waals surface area contributed by atoms with Gasteiger partial charge in [0.05, 0.1) is 6.54 Å². The van der Waals surface area contributed by atoms with Crippen molar-refractivity contribution in [3.63, 3.8) is 0 Å². The molecule has 0 saturated carbocycles. The number of nitrogens with zero attached hydrogens (tertiary/aromatic N) is 3. The molecule has 3 aromatic rings. The summed E-state index contributed by atoms with van der Waals surface area (Å²) in [6.07, 6.45) is 4.68. The number of para-hydroxylation sites is 1. The summed E-state index contributed by atoms with van der Waals surface area (Å²) in [5.74, 6) is 1.78. The standard InChI is InChI=1S/C20H24N4O/c1-15-13-22-10-8-16(15)9-11-23-20(21-2)24(3)14-18-12-17-6-4-5-7-19(17)25-18/h4-8,10,12-13H,9,11,14H2,1-3H3,(H,21,23). The van der Waals surface area contributed by atoms with E-state index in [1.807, 2.05) is 37.6 Å². The fourth-order valence-electron chi connectivity index (χ4n) is 2.90. The lowest BCUT2D eigenvalue weighted by atomic mass is 10.1. The number of fused-ring (bicyclic) bond motifs is 1. The van der Waals surface area contributed by atoms with Crippen LogP contribution in [-0.4, -0.2) is 36.5 Å². The average Bonchev–Trinajstić information content (AvgIpc) is 3.02. The monoisotopic (exact) mass is 336 g/mol. The first kappa shape index (κ1) is 17.0. The van der Waals surface area contributed by atoms with Crippen molar-refractivity contribution in [3.8, 4) is 0 Å². The predicted octanol–water partition coefficient (Wildman–Crippen LogP) is 3.39. The van der Waals surface area contributed by atoms with E-state index in [9.17, 15) is 0 Å². The van der Waals surface area contributed by atoms with Crippen molar-refractivity contribution in [2.75, 3.05) is 20.6 Å². The number of aromatic nitrogens is 1. The molecule has 0 atom stereocenters. The van der Waals surface area contributed by atoms with Crippen LogP contribution in [0.25, 0.3) is 11.0 Å². The van der Waals surface area contributed by atoms with Gasteiger partial charge in [0, 0.05) is 38.4 Å². The maximum atomic E-state index is 5.89. The van der Waals surface area contributed by atoms with E-state index in [-0.39, 0.29) is 0 Å². The van der Waals surface area contributed by atoms with Gasteiger partial charge in [-0.15, -0.1) is 0 Å². The normalized spacial score (nSPS) is 11.7. The summed E-state index contributed by atoms with van der Waals surface area (Å²) in [4.78, 5) is 10.6. The van der Waals surface area contributed by atoms with Crippen LogP contribution in [0.3, 0.4) is 0 Å². The number of rotatable bonds is 5. The molecule has 0 aliphatic carbocycles. The van der Waals surface area contributed by atoms with Gasteiger partial charge in [0.1, 0.15) is 11.3 Å². The molecule has 1 N–H and O–H groups in total. The van der Waals surface area contributed by atoms with Gasteiger partial charge in [-0.3, -0.25) is 9.98 Å². The fourth-order valence-corrected chi connectivity index (χ4v) is 2.90. The number of furan rings is 1. The number of benzene rings is 1. The van der Waals surface area contributed by atoms with Crippen LogP contribution in [0.5, 0.6) is 0 Å². The molecule has 5 nitrogen and oxygen atoms in total. The summed E-state index contributed by atoms with van der Waals surface area (Å²) < 4.78 is 5.89. The van der Waals surface area contributed by atoms with E-state index in [1.54, 1.807) is 7.05 Å². The molecule has 25 heavy (non-hydrogen) atoms. The summed E-state index contributed by atoms with van der Waals surface area (Å²) in [6.45, 7) is 3.58. The molecule has 0 spiro atoms. The Kier molecular flexibility index (Phi) is 5.33. The molecule has 1 aromatic carbocycles. The zero-order valence-corrected chi connectivity index (χ0v) is 15.0. The molecule has 0 saturated heterocycles. The second kappa shape index (κ2) is 7.83. The summed E-state index contributed by atoms with van der Waals surface area (Å²) >= 11 is 0. The lowest BCUT2D eigenvalue weighted by Crippen LogP contribution is -2.39. The topological polar surface area (TPSA) is 53.7 Å². The Labute approximate surface area is 148 Å². The van der Waals surface area contributed by atoms with Gasteiger partial charge in [0.15, 0.2) is 5.96 Å². The third-order valence-corrected chi connectivity index (χ3v) is 4.26. The minimum absolute atomic E-state index is 0.669. The first-order valence-corrected chi connectivity index (χ1v) is 8.46. The van der Waals surface area contributed by atoms with Crippen LogP contribution in [0, 0.1) is 6.92 Å². The summed E-state index contributed by atoms with van der Waals surface area (Å²) in [5.41, 5.74) is 3.44. The largest absolute Gasteiger partial charge is 0.459 e. The van der Waals surface area contributed by atoms with Gasteiger partial charge >= 0.3 is 0 Å². The van der Waals surface area contributed by atoms with E-state index in [1.165, 1.54) is 11.1 Å². The van der Waals surface area contributed by atoms with E-state index in [0.717, 1.165) is 35.7 Å². The van der Waals surface area contributed by atoms with Gasteiger partial charge in [0.2, 0.25) is 0 Å². The fraction of sp³-hybridized carbons (Fsp3) is 0.300. The van der Waals surface area contributed by atoms with Gasteiger partial charge in [-0.2, -0.15) is 0 Å². The lowest BCUT2D eigenvalue weighted by Gasteiger charge is -2.21. The van der Waals surface area contributed by atoms with Crippen molar-refractivity contribution < 1.29 is 4.42 Å².